The molecular formula is C14H26N2O3. The van der Waals surface area contributed by atoms with Crippen LogP contribution in [0.1, 0.15) is 41.0 Å². The van der Waals surface area contributed by atoms with Crippen molar-refractivity contribution in [3.63, 3.8) is 0 Å². The van der Waals surface area contributed by atoms with Crippen molar-refractivity contribution >= 4 is 11.9 Å². The third-order valence-electron chi connectivity index (χ3n) is 3.93. The minimum Gasteiger partial charge on any atom is -0.480 e. The number of carbonyl (C=O) groups excluding carboxylic acids is 1. The van der Waals surface area contributed by atoms with E-state index in [2.05, 4.69) is 24.1 Å². The lowest BCUT2D eigenvalue weighted by molar-refractivity contribution is -0.144. The summed E-state index contributed by atoms with van der Waals surface area (Å²) in [6, 6.07) is -0.855. The van der Waals surface area contributed by atoms with Crippen molar-refractivity contribution in [3.8, 4) is 0 Å². The van der Waals surface area contributed by atoms with Crippen molar-refractivity contribution in [1.29, 1.82) is 0 Å². The number of carbonyl (C=O) groups is 2. The Labute approximate surface area is 115 Å². The molecule has 0 aromatic carbocycles. The van der Waals surface area contributed by atoms with Gasteiger partial charge in [0.2, 0.25) is 5.91 Å². The summed E-state index contributed by atoms with van der Waals surface area (Å²) in [6.07, 6.45) is 1.18. The molecule has 3 unspecified atom stereocenters. The molecule has 0 radical (unpaired) electrons. The van der Waals surface area contributed by atoms with E-state index < -0.39 is 17.6 Å². The predicted molar refractivity (Wildman–Crippen MR) is 73.8 cm³/mol. The molecule has 0 spiro atoms. The Balaban J connectivity index is 2.73. The number of likely N-dealkylation sites (tertiary alicyclic amines) is 1. The second kappa shape index (κ2) is 5.90. The lowest BCUT2D eigenvalue weighted by Crippen LogP contribution is -2.60. The van der Waals surface area contributed by atoms with E-state index >= 15 is 0 Å². The molecule has 3 atom stereocenters. The summed E-state index contributed by atoms with van der Waals surface area (Å²) in [5.74, 6) is -0.103. The van der Waals surface area contributed by atoms with Crippen molar-refractivity contribution in [2.45, 2.75) is 52.6 Å². The molecular weight excluding hydrogens is 244 g/mol. The summed E-state index contributed by atoms with van der Waals surface area (Å²) in [5, 5.41) is 11.4. The molecule has 2 N–H and O–H groups in total. The summed E-state index contributed by atoms with van der Waals surface area (Å²) in [7, 11) is 0. The van der Waals surface area contributed by atoms with Gasteiger partial charge in [-0.2, -0.15) is 0 Å². The van der Waals surface area contributed by atoms with Gasteiger partial charge < -0.3 is 10.4 Å². The first-order valence-corrected chi connectivity index (χ1v) is 6.93. The average Bonchev–Trinajstić information content (AvgIpc) is 2.27. The highest BCUT2D eigenvalue weighted by Gasteiger charge is 2.39. The lowest BCUT2D eigenvalue weighted by Gasteiger charge is -2.44. The van der Waals surface area contributed by atoms with E-state index in [0.717, 1.165) is 13.1 Å². The zero-order valence-corrected chi connectivity index (χ0v) is 12.6. The van der Waals surface area contributed by atoms with Gasteiger partial charge in [0.1, 0.15) is 6.04 Å². The third kappa shape index (κ3) is 3.93. The maximum Gasteiger partial charge on any atom is 0.325 e. The fourth-order valence-electron chi connectivity index (χ4n) is 2.70. The maximum absolute atomic E-state index is 12.3. The van der Waals surface area contributed by atoms with Crippen LogP contribution in [-0.4, -0.2) is 46.6 Å². The van der Waals surface area contributed by atoms with Crippen LogP contribution in [0.2, 0.25) is 0 Å². The Morgan fingerprint density at radius 2 is 1.74 bits per heavy atom. The molecule has 1 aliphatic rings. The molecule has 1 amide bonds. The zero-order chi connectivity index (χ0) is 14.8. The minimum atomic E-state index is -1.01. The number of hydrogen-bond acceptors (Lipinski definition) is 3. The molecule has 19 heavy (non-hydrogen) atoms. The van der Waals surface area contributed by atoms with Gasteiger partial charge in [0.25, 0.3) is 0 Å². The molecule has 0 aromatic heterocycles. The normalized spacial score (nSPS) is 26.8. The van der Waals surface area contributed by atoms with Gasteiger partial charge in [0.05, 0.1) is 5.54 Å². The molecule has 1 saturated heterocycles. The molecule has 5 heteroatoms. The van der Waals surface area contributed by atoms with E-state index in [9.17, 15) is 9.59 Å². The van der Waals surface area contributed by atoms with Crippen LogP contribution in [0.3, 0.4) is 0 Å². The quantitative estimate of drug-likeness (QED) is 0.808. The van der Waals surface area contributed by atoms with Crippen molar-refractivity contribution in [2.24, 2.45) is 11.8 Å². The lowest BCUT2D eigenvalue weighted by atomic mass is 9.87. The Morgan fingerprint density at radius 1 is 1.26 bits per heavy atom. The molecule has 0 bridgehead atoms. The molecule has 1 fully saturated rings. The molecule has 5 nitrogen and oxygen atoms in total. The summed E-state index contributed by atoms with van der Waals surface area (Å²) in [5.41, 5.74) is -0.674. The van der Waals surface area contributed by atoms with Crippen LogP contribution in [0.15, 0.2) is 0 Å². The minimum absolute atomic E-state index is 0.219. The number of nitrogens with zero attached hydrogens (tertiary/aromatic N) is 1. The monoisotopic (exact) mass is 270 g/mol. The largest absolute Gasteiger partial charge is 0.480 e. The second-order valence-corrected chi connectivity index (χ2v) is 6.44. The van der Waals surface area contributed by atoms with Gasteiger partial charge in [-0.3, -0.25) is 14.5 Å². The number of hydrogen-bond donors (Lipinski definition) is 2. The first-order valence-electron chi connectivity index (χ1n) is 6.93. The maximum atomic E-state index is 12.3. The molecule has 110 valence electrons. The van der Waals surface area contributed by atoms with Crippen molar-refractivity contribution in [2.75, 3.05) is 13.1 Å². The first-order chi connectivity index (χ1) is 8.64. The van der Waals surface area contributed by atoms with Crippen molar-refractivity contribution in [1.82, 2.24) is 10.2 Å². The molecule has 0 aliphatic carbocycles. The number of aliphatic carboxylic acids is 1. The first kappa shape index (κ1) is 16.0. The summed E-state index contributed by atoms with van der Waals surface area (Å²) in [4.78, 5) is 25.3. The molecule has 0 aromatic rings. The number of nitrogens with one attached hydrogen (secondary N) is 1. The van der Waals surface area contributed by atoms with E-state index in [1.54, 1.807) is 0 Å². The molecule has 1 heterocycles. The van der Waals surface area contributed by atoms with Gasteiger partial charge in [0.15, 0.2) is 0 Å². The van der Waals surface area contributed by atoms with Gasteiger partial charge in [-0.25, -0.2) is 0 Å². The number of carboxylic acids is 1. The van der Waals surface area contributed by atoms with Crippen LogP contribution in [0, 0.1) is 11.8 Å². The summed E-state index contributed by atoms with van der Waals surface area (Å²) < 4.78 is 0. The second-order valence-electron chi connectivity index (χ2n) is 6.44. The SMILES string of the molecule is CC1CC(C)CN(C(C)(C)C(=O)NC(C)C(=O)O)C1. The highest BCUT2D eigenvalue weighted by atomic mass is 16.4. The number of rotatable bonds is 4. The third-order valence-corrected chi connectivity index (χ3v) is 3.93. The molecule has 1 rings (SSSR count). The van der Waals surface area contributed by atoms with Crippen LogP contribution >= 0.6 is 0 Å². The van der Waals surface area contributed by atoms with E-state index in [4.69, 9.17) is 5.11 Å². The number of carboxylic acid groups (broad SMARTS) is 1. The van der Waals surface area contributed by atoms with E-state index in [0.29, 0.717) is 11.8 Å². The predicted octanol–water partition coefficient (Wildman–Crippen LogP) is 1.33. The van der Waals surface area contributed by atoms with Crippen LogP contribution in [-0.2, 0) is 9.59 Å². The van der Waals surface area contributed by atoms with Gasteiger partial charge in [0, 0.05) is 13.1 Å². The highest BCUT2D eigenvalue weighted by molar-refractivity contribution is 5.89. The fourth-order valence-corrected chi connectivity index (χ4v) is 2.70. The van der Waals surface area contributed by atoms with Crippen molar-refractivity contribution in [3.05, 3.63) is 0 Å². The van der Waals surface area contributed by atoms with E-state index in [1.807, 2.05) is 13.8 Å². The van der Waals surface area contributed by atoms with Gasteiger partial charge in [-0.05, 0) is 39.0 Å². The van der Waals surface area contributed by atoms with Crippen LogP contribution in [0.5, 0.6) is 0 Å². The summed E-state index contributed by atoms with van der Waals surface area (Å²) in [6.45, 7) is 11.4. The Hall–Kier alpha value is -1.10. The Kier molecular flexibility index (Phi) is 4.96. The molecule has 0 saturated carbocycles. The van der Waals surface area contributed by atoms with Gasteiger partial charge in [-0.15, -0.1) is 0 Å². The standard InChI is InChI=1S/C14H26N2O3/c1-9-6-10(2)8-16(7-9)14(4,5)13(19)15-11(3)12(17)18/h9-11H,6-8H2,1-5H3,(H,15,19)(H,17,18). The highest BCUT2D eigenvalue weighted by Crippen LogP contribution is 2.27. The Morgan fingerprint density at radius 3 is 2.16 bits per heavy atom. The van der Waals surface area contributed by atoms with Crippen LogP contribution < -0.4 is 5.32 Å². The number of amides is 1. The van der Waals surface area contributed by atoms with E-state index in [-0.39, 0.29) is 5.91 Å². The van der Waals surface area contributed by atoms with Crippen molar-refractivity contribution < 1.29 is 14.7 Å². The van der Waals surface area contributed by atoms with Gasteiger partial charge >= 0.3 is 5.97 Å². The Bertz CT molecular complexity index is 345. The summed E-state index contributed by atoms with van der Waals surface area (Å²) >= 11 is 0. The van der Waals surface area contributed by atoms with Crippen LogP contribution in [0.25, 0.3) is 0 Å². The van der Waals surface area contributed by atoms with Gasteiger partial charge in [-0.1, -0.05) is 13.8 Å². The fraction of sp³-hybridized carbons (Fsp3) is 0.857. The average molecular weight is 270 g/mol. The zero-order valence-electron chi connectivity index (χ0n) is 12.6. The number of piperidine rings is 1. The molecule has 1 aliphatic heterocycles. The van der Waals surface area contributed by atoms with Crippen LogP contribution in [0.4, 0.5) is 0 Å². The smallest absolute Gasteiger partial charge is 0.325 e. The van der Waals surface area contributed by atoms with E-state index in [1.165, 1.54) is 13.3 Å². The topological polar surface area (TPSA) is 69.6 Å².